The first-order chi connectivity index (χ1) is 15.3. The predicted molar refractivity (Wildman–Crippen MR) is 128 cm³/mol. The van der Waals surface area contributed by atoms with Crippen LogP contribution in [-0.4, -0.2) is 89.1 Å². The van der Waals surface area contributed by atoms with Crippen molar-refractivity contribution in [3.8, 4) is 0 Å². The van der Waals surface area contributed by atoms with Crippen LogP contribution in [0.5, 0.6) is 0 Å². The Hall–Kier alpha value is -1.83. The molecule has 1 atom stereocenters. The van der Waals surface area contributed by atoms with Gasteiger partial charge in [-0.2, -0.15) is 0 Å². The number of guanidine groups is 1. The van der Waals surface area contributed by atoms with Gasteiger partial charge in [0.15, 0.2) is 5.96 Å². The van der Waals surface area contributed by atoms with E-state index in [1.807, 2.05) is 0 Å². The van der Waals surface area contributed by atoms with Crippen LogP contribution >= 0.6 is 0 Å². The second-order valence-corrected chi connectivity index (χ2v) is 8.27. The summed E-state index contributed by atoms with van der Waals surface area (Å²) in [6.45, 7) is 12.8. The average molecular weight is 432 g/mol. The molecule has 2 heterocycles. The lowest BCUT2D eigenvalue weighted by molar-refractivity contribution is 0.0424. The van der Waals surface area contributed by atoms with E-state index >= 15 is 0 Å². The first kappa shape index (κ1) is 23.8. The van der Waals surface area contributed by atoms with E-state index < -0.39 is 0 Å². The van der Waals surface area contributed by atoms with Crippen molar-refractivity contribution in [2.24, 2.45) is 4.99 Å². The number of piperazine rings is 1. The number of hydrogen-bond acceptors (Lipinski definition) is 5. The predicted octanol–water partition coefficient (Wildman–Crippen LogP) is 2.34. The molecule has 0 aliphatic carbocycles. The number of unbranched alkanes of at least 4 members (excludes halogenated alkanes) is 1. The fourth-order valence-electron chi connectivity index (χ4n) is 4.03. The van der Waals surface area contributed by atoms with Crippen molar-refractivity contribution >= 4 is 11.6 Å². The summed E-state index contributed by atoms with van der Waals surface area (Å²) < 4.78 is 11.1. The molecule has 7 nitrogen and oxygen atoms in total. The van der Waals surface area contributed by atoms with E-state index in [9.17, 15) is 0 Å². The van der Waals surface area contributed by atoms with Crippen molar-refractivity contribution < 1.29 is 9.47 Å². The van der Waals surface area contributed by atoms with Gasteiger partial charge in [0.1, 0.15) is 0 Å². The summed E-state index contributed by atoms with van der Waals surface area (Å²) in [6, 6.07) is 10.8. The minimum Gasteiger partial charge on any atom is -0.379 e. The van der Waals surface area contributed by atoms with Crippen molar-refractivity contribution in [2.45, 2.75) is 38.7 Å². The zero-order valence-corrected chi connectivity index (χ0v) is 19.2. The normalized spacial score (nSPS) is 20.2. The van der Waals surface area contributed by atoms with Gasteiger partial charge in [-0.1, -0.05) is 18.2 Å². The van der Waals surface area contributed by atoms with Crippen LogP contribution in [0, 0.1) is 0 Å². The molecule has 1 unspecified atom stereocenters. The van der Waals surface area contributed by atoms with E-state index in [4.69, 9.17) is 9.47 Å². The quantitative estimate of drug-likeness (QED) is 0.301. The van der Waals surface area contributed by atoms with Crippen LogP contribution in [0.2, 0.25) is 0 Å². The lowest BCUT2D eigenvalue weighted by Crippen LogP contribution is -2.46. The van der Waals surface area contributed by atoms with Crippen molar-refractivity contribution in [3.63, 3.8) is 0 Å². The Morgan fingerprint density at radius 1 is 1.10 bits per heavy atom. The highest BCUT2D eigenvalue weighted by Crippen LogP contribution is 2.15. The summed E-state index contributed by atoms with van der Waals surface area (Å²) in [5.41, 5.74) is 1.35. The molecule has 0 bridgehead atoms. The first-order valence-corrected chi connectivity index (χ1v) is 12.1. The van der Waals surface area contributed by atoms with E-state index in [-0.39, 0.29) is 6.10 Å². The molecule has 0 aromatic heterocycles. The smallest absolute Gasteiger partial charge is 0.191 e. The molecule has 1 aromatic rings. The van der Waals surface area contributed by atoms with Gasteiger partial charge in [0, 0.05) is 64.7 Å². The summed E-state index contributed by atoms with van der Waals surface area (Å²) in [5, 5.41) is 6.81. The van der Waals surface area contributed by atoms with Crippen LogP contribution < -0.4 is 15.5 Å². The molecule has 1 aromatic carbocycles. The molecule has 2 aliphatic heterocycles. The van der Waals surface area contributed by atoms with E-state index in [2.05, 4.69) is 62.7 Å². The zero-order valence-electron chi connectivity index (χ0n) is 19.2. The van der Waals surface area contributed by atoms with Gasteiger partial charge in [-0.3, -0.25) is 9.89 Å². The van der Waals surface area contributed by atoms with Crippen molar-refractivity contribution in [3.05, 3.63) is 30.3 Å². The van der Waals surface area contributed by atoms with Gasteiger partial charge in [0.2, 0.25) is 0 Å². The van der Waals surface area contributed by atoms with Crippen LogP contribution in [0.1, 0.15) is 32.6 Å². The lowest BCUT2D eigenvalue weighted by atomic mass is 10.2. The van der Waals surface area contributed by atoms with Gasteiger partial charge < -0.3 is 25.0 Å². The van der Waals surface area contributed by atoms with E-state index in [0.717, 1.165) is 90.9 Å². The van der Waals surface area contributed by atoms with Crippen LogP contribution in [-0.2, 0) is 9.47 Å². The number of aliphatic imine (C=N–C) groups is 1. The van der Waals surface area contributed by atoms with E-state index in [1.54, 1.807) is 0 Å². The monoisotopic (exact) mass is 431 g/mol. The molecule has 2 N–H and O–H groups in total. The maximum absolute atomic E-state index is 5.80. The van der Waals surface area contributed by atoms with Crippen molar-refractivity contribution in [1.82, 2.24) is 15.5 Å². The van der Waals surface area contributed by atoms with Crippen LogP contribution in [0.15, 0.2) is 35.3 Å². The molecule has 0 spiro atoms. The third-order valence-corrected chi connectivity index (χ3v) is 5.85. The van der Waals surface area contributed by atoms with Crippen molar-refractivity contribution in [1.29, 1.82) is 0 Å². The zero-order chi connectivity index (χ0) is 21.6. The number of nitrogens with one attached hydrogen (secondary N) is 2. The second kappa shape index (κ2) is 14.3. The molecular weight excluding hydrogens is 390 g/mol. The molecule has 0 amide bonds. The third kappa shape index (κ3) is 9.05. The molecule has 0 saturated carbocycles. The molecule has 174 valence electrons. The molecule has 0 radical (unpaired) electrons. The molecule has 2 fully saturated rings. The highest BCUT2D eigenvalue weighted by Gasteiger charge is 2.16. The molecule has 3 rings (SSSR count). The summed E-state index contributed by atoms with van der Waals surface area (Å²) in [5.74, 6) is 0.920. The third-order valence-electron chi connectivity index (χ3n) is 5.85. The number of nitrogens with zero attached hydrogens (tertiary/aromatic N) is 3. The number of para-hydroxylation sites is 1. The summed E-state index contributed by atoms with van der Waals surface area (Å²) in [6.07, 6.45) is 4.64. The van der Waals surface area contributed by atoms with Gasteiger partial charge in [-0.05, 0) is 51.3 Å². The number of hydrogen-bond donors (Lipinski definition) is 2. The van der Waals surface area contributed by atoms with Crippen LogP contribution in [0.3, 0.4) is 0 Å². The molecular formula is C24H41N5O2. The maximum atomic E-state index is 5.80. The Morgan fingerprint density at radius 2 is 1.94 bits per heavy atom. The van der Waals surface area contributed by atoms with Crippen LogP contribution in [0.25, 0.3) is 0 Å². The summed E-state index contributed by atoms with van der Waals surface area (Å²) in [4.78, 5) is 9.75. The summed E-state index contributed by atoms with van der Waals surface area (Å²) >= 11 is 0. The summed E-state index contributed by atoms with van der Waals surface area (Å²) in [7, 11) is 0. The number of ether oxygens (including phenoxy) is 2. The molecule has 31 heavy (non-hydrogen) atoms. The van der Waals surface area contributed by atoms with Gasteiger partial charge in [0.25, 0.3) is 0 Å². The molecule has 7 heteroatoms. The fraction of sp³-hybridized carbons (Fsp3) is 0.708. The van der Waals surface area contributed by atoms with Crippen molar-refractivity contribution in [2.75, 3.05) is 77.1 Å². The Balaban J connectivity index is 1.22. The van der Waals surface area contributed by atoms with E-state index in [1.165, 1.54) is 18.7 Å². The lowest BCUT2D eigenvalue weighted by Gasteiger charge is -2.36. The van der Waals surface area contributed by atoms with Gasteiger partial charge in [0.05, 0.1) is 12.7 Å². The standard InChI is InChI=1S/C24H41N5O2/c1-2-25-24(27-13-8-19-31-23-11-20-30-21-23)26-12-6-7-14-28-15-17-29(18-16-28)22-9-4-3-5-10-22/h3-5,9-10,23H,2,6-8,11-21H2,1H3,(H2,25,26,27). The first-order valence-electron chi connectivity index (χ1n) is 12.1. The van der Waals surface area contributed by atoms with Gasteiger partial charge in [-0.15, -0.1) is 0 Å². The minimum absolute atomic E-state index is 0.289. The molecule has 2 aliphatic rings. The molecule has 2 saturated heterocycles. The Kier molecular flexibility index (Phi) is 11.0. The Morgan fingerprint density at radius 3 is 2.68 bits per heavy atom. The number of rotatable bonds is 12. The largest absolute Gasteiger partial charge is 0.379 e. The van der Waals surface area contributed by atoms with Gasteiger partial charge in [-0.25, -0.2) is 0 Å². The Labute approximate surface area is 188 Å². The topological polar surface area (TPSA) is 61.4 Å². The number of anilines is 1. The van der Waals surface area contributed by atoms with E-state index in [0.29, 0.717) is 0 Å². The average Bonchev–Trinajstić information content (AvgIpc) is 3.33. The SMILES string of the molecule is CCNC(=NCCCOC1CCOC1)NCCCCN1CCN(c2ccccc2)CC1. The highest BCUT2D eigenvalue weighted by molar-refractivity contribution is 5.79. The second-order valence-electron chi connectivity index (χ2n) is 8.27. The minimum atomic E-state index is 0.289. The van der Waals surface area contributed by atoms with Crippen LogP contribution in [0.4, 0.5) is 5.69 Å². The fourth-order valence-corrected chi connectivity index (χ4v) is 4.03. The number of benzene rings is 1. The van der Waals surface area contributed by atoms with Gasteiger partial charge >= 0.3 is 0 Å². The highest BCUT2D eigenvalue weighted by atomic mass is 16.5. The maximum Gasteiger partial charge on any atom is 0.191 e. The Bertz CT molecular complexity index is 614.